The maximum Gasteiger partial charge on any atom is 0.254 e. The second-order valence-corrected chi connectivity index (χ2v) is 6.43. The van der Waals surface area contributed by atoms with E-state index in [9.17, 15) is 22.0 Å². The lowest BCUT2D eigenvalue weighted by molar-refractivity contribution is 0.0936. The van der Waals surface area contributed by atoms with Gasteiger partial charge in [0.25, 0.3) is 5.91 Å². The number of carbonyl (C=O) groups is 1. The summed E-state index contributed by atoms with van der Waals surface area (Å²) in [5.41, 5.74) is -0.417. The molecule has 1 saturated heterocycles. The van der Waals surface area contributed by atoms with Crippen LogP contribution in [0.15, 0.2) is 18.2 Å². The Morgan fingerprint density at radius 2 is 2.06 bits per heavy atom. The van der Waals surface area contributed by atoms with Gasteiger partial charge in [0.05, 0.1) is 17.1 Å². The van der Waals surface area contributed by atoms with Crippen molar-refractivity contribution in [2.75, 3.05) is 11.5 Å². The summed E-state index contributed by atoms with van der Waals surface area (Å²) < 4.78 is 48.6. The van der Waals surface area contributed by atoms with Gasteiger partial charge >= 0.3 is 0 Å². The largest absolute Gasteiger partial charge is 0.348 e. The third-order valence-corrected chi connectivity index (χ3v) is 4.51. The molecular weight excluding hydrogens is 264 g/mol. The topological polar surface area (TPSA) is 63.2 Å². The number of nitrogens with one attached hydrogen (secondary N) is 1. The first-order chi connectivity index (χ1) is 8.37. The van der Waals surface area contributed by atoms with Crippen LogP contribution in [0.1, 0.15) is 16.8 Å². The van der Waals surface area contributed by atoms with E-state index in [1.807, 2.05) is 0 Å². The summed E-state index contributed by atoms with van der Waals surface area (Å²) in [6.45, 7) is 0. The first-order valence-electron chi connectivity index (χ1n) is 5.34. The highest BCUT2D eigenvalue weighted by molar-refractivity contribution is 7.91. The van der Waals surface area contributed by atoms with Crippen molar-refractivity contribution in [1.29, 1.82) is 0 Å². The summed E-state index contributed by atoms with van der Waals surface area (Å²) in [4.78, 5) is 11.7. The zero-order valence-electron chi connectivity index (χ0n) is 9.32. The SMILES string of the molecule is O=C(NC1CCS(=O)(=O)C1)c1cc(F)ccc1F. The molecule has 98 valence electrons. The monoisotopic (exact) mass is 275 g/mol. The third-order valence-electron chi connectivity index (χ3n) is 2.74. The molecule has 0 bridgehead atoms. The molecule has 1 aromatic rings. The van der Waals surface area contributed by atoms with Gasteiger partial charge in [0.1, 0.15) is 11.6 Å². The van der Waals surface area contributed by atoms with Crippen LogP contribution in [0.3, 0.4) is 0 Å². The van der Waals surface area contributed by atoms with Gasteiger partial charge in [0, 0.05) is 6.04 Å². The number of hydrogen-bond acceptors (Lipinski definition) is 3. The molecule has 1 atom stereocenters. The standard InChI is InChI=1S/C11H11F2NO3S/c12-7-1-2-10(13)9(5-7)11(15)14-8-3-4-18(16,17)6-8/h1-2,5,8H,3-4,6H2,(H,14,15). The molecule has 18 heavy (non-hydrogen) atoms. The van der Waals surface area contributed by atoms with Gasteiger partial charge in [-0.15, -0.1) is 0 Å². The van der Waals surface area contributed by atoms with E-state index in [1.54, 1.807) is 0 Å². The first-order valence-corrected chi connectivity index (χ1v) is 7.16. The molecule has 0 radical (unpaired) electrons. The van der Waals surface area contributed by atoms with Crippen molar-refractivity contribution in [2.24, 2.45) is 0 Å². The fraction of sp³-hybridized carbons (Fsp3) is 0.364. The summed E-state index contributed by atoms with van der Waals surface area (Å²) in [6.07, 6.45) is 0.297. The molecule has 4 nitrogen and oxygen atoms in total. The van der Waals surface area contributed by atoms with Crippen LogP contribution in [-0.2, 0) is 9.84 Å². The Morgan fingerprint density at radius 1 is 1.33 bits per heavy atom. The normalized spacial score (nSPS) is 21.8. The van der Waals surface area contributed by atoms with Crippen LogP contribution in [0.2, 0.25) is 0 Å². The Kier molecular flexibility index (Phi) is 3.34. The maximum absolute atomic E-state index is 13.3. The summed E-state index contributed by atoms with van der Waals surface area (Å²) in [7, 11) is -3.12. The van der Waals surface area contributed by atoms with Crippen molar-refractivity contribution in [2.45, 2.75) is 12.5 Å². The van der Waals surface area contributed by atoms with Crippen molar-refractivity contribution in [1.82, 2.24) is 5.32 Å². The van der Waals surface area contributed by atoms with Crippen LogP contribution < -0.4 is 5.32 Å². The fourth-order valence-corrected chi connectivity index (χ4v) is 3.52. The number of benzene rings is 1. The Bertz CT molecular complexity index is 586. The Balaban J connectivity index is 2.11. The van der Waals surface area contributed by atoms with E-state index in [1.165, 1.54) is 0 Å². The molecule has 0 aromatic heterocycles. The van der Waals surface area contributed by atoms with Crippen molar-refractivity contribution in [3.05, 3.63) is 35.4 Å². The molecule has 2 rings (SSSR count). The Hall–Kier alpha value is -1.50. The van der Waals surface area contributed by atoms with E-state index in [-0.39, 0.29) is 11.5 Å². The predicted octanol–water partition coefficient (Wildman–Crippen LogP) is 0.882. The van der Waals surface area contributed by atoms with Gasteiger partial charge in [0.15, 0.2) is 9.84 Å². The summed E-state index contributed by atoms with van der Waals surface area (Å²) in [5.74, 6) is -2.51. The van der Waals surface area contributed by atoms with Gasteiger partial charge in [-0.05, 0) is 24.6 Å². The second kappa shape index (κ2) is 4.64. The van der Waals surface area contributed by atoms with Gasteiger partial charge in [-0.25, -0.2) is 17.2 Å². The molecule has 7 heteroatoms. The highest BCUT2D eigenvalue weighted by Gasteiger charge is 2.29. The lowest BCUT2D eigenvalue weighted by atomic mass is 10.1. The van der Waals surface area contributed by atoms with Gasteiger partial charge in [-0.3, -0.25) is 4.79 Å². The van der Waals surface area contributed by atoms with E-state index < -0.39 is 39.0 Å². The number of amides is 1. The minimum Gasteiger partial charge on any atom is -0.348 e. The highest BCUT2D eigenvalue weighted by atomic mass is 32.2. The average Bonchev–Trinajstić information content (AvgIpc) is 2.61. The zero-order valence-corrected chi connectivity index (χ0v) is 10.1. The lowest BCUT2D eigenvalue weighted by Gasteiger charge is -2.11. The van der Waals surface area contributed by atoms with Crippen LogP contribution in [0.5, 0.6) is 0 Å². The molecule has 1 aromatic carbocycles. The number of halogens is 2. The van der Waals surface area contributed by atoms with Gasteiger partial charge in [0.2, 0.25) is 0 Å². The zero-order chi connectivity index (χ0) is 13.3. The summed E-state index contributed by atoms with van der Waals surface area (Å²) in [6, 6.07) is 2.01. The van der Waals surface area contributed by atoms with E-state index in [0.717, 1.165) is 18.2 Å². The van der Waals surface area contributed by atoms with Crippen LogP contribution >= 0.6 is 0 Å². The molecule has 1 fully saturated rings. The van der Waals surface area contributed by atoms with Crippen LogP contribution in [0.4, 0.5) is 8.78 Å². The number of hydrogen-bond donors (Lipinski definition) is 1. The maximum atomic E-state index is 13.3. The molecule has 1 aliphatic rings. The van der Waals surface area contributed by atoms with Gasteiger partial charge < -0.3 is 5.32 Å². The quantitative estimate of drug-likeness (QED) is 0.871. The van der Waals surface area contributed by atoms with E-state index in [0.29, 0.717) is 6.42 Å². The van der Waals surface area contributed by atoms with E-state index in [2.05, 4.69) is 5.32 Å². The van der Waals surface area contributed by atoms with Crippen molar-refractivity contribution in [3.8, 4) is 0 Å². The molecule has 1 aliphatic heterocycles. The van der Waals surface area contributed by atoms with Crippen LogP contribution in [-0.4, -0.2) is 31.9 Å². The predicted molar refractivity (Wildman–Crippen MR) is 60.9 cm³/mol. The average molecular weight is 275 g/mol. The molecular formula is C11H11F2NO3S. The summed E-state index contributed by atoms with van der Waals surface area (Å²) >= 11 is 0. The van der Waals surface area contributed by atoms with Crippen molar-refractivity contribution < 1.29 is 22.0 Å². The molecule has 0 saturated carbocycles. The lowest BCUT2D eigenvalue weighted by Crippen LogP contribution is -2.36. The Labute approximate surface area is 103 Å². The molecule has 1 N–H and O–H groups in total. The minimum absolute atomic E-state index is 0.00355. The Morgan fingerprint density at radius 3 is 2.67 bits per heavy atom. The van der Waals surface area contributed by atoms with Crippen LogP contribution in [0.25, 0.3) is 0 Å². The first kappa shape index (κ1) is 12.9. The van der Waals surface area contributed by atoms with E-state index >= 15 is 0 Å². The van der Waals surface area contributed by atoms with Gasteiger partial charge in [-0.1, -0.05) is 0 Å². The second-order valence-electron chi connectivity index (χ2n) is 4.20. The van der Waals surface area contributed by atoms with Crippen molar-refractivity contribution in [3.63, 3.8) is 0 Å². The molecule has 1 heterocycles. The van der Waals surface area contributed by atoms with Crippen LogP contribution in [0, 0.1) is 11.6 Å². The minimum atomic E-state index is -3.12. The number of sulfone groups is 1. The van der Waals surface area contributed by atoms with Gasteiger partial charge in [-0.2, -0.15) is 0 Å². The smallest absolute Gasteiger partial charge is 0.254 e. The summed E-state index contributed by atoms with van der Waals surface area (Å²) in [5, 5.41) is 2.39. The van der Waals surface area contributed by atoms with Crippen molar-refractivity contribution >= 4 is 15.7 Å². The molecule has 0 spiro atoms. The van der Waals surface area contributed by atoms with E-state index in [4.69, 9.17) is 0 Å². The molecule has 1 unspecified atom stereocenters. The molecule has 0 aliphatic carbocycles. The number of rotatable bonds is 2. The highest BCUT2D eigenvalue weighted by Crippen LogP contribution is 2.14. The fourth-order valence-electron chi connectivity index (χ4n) is 1.84. The molecule has 1 amide bonds. The number of carbonyl (C=O) groups excluding carboxylic acids is 1. The third kappa shape index (κ3) is 2.84.